The highest BCUT2D eigenvalue weighted by molar-refractivity contribution is 6.03. The first-order valence-corrected chi connectivity index (χ1v) is 12.1. The second-order valence-corrected chi connectivity index (χ2v) is 10.0. The Hall–Kier alpha value is -3.82. The Labute approximate surface area is 216 Å². The van der Waals surface area contributed by atoms with Crippen LogP contribution >= 0.6 is 0 Å². The van der Waals surface area contributed by atoms with E-state index in [1.807, 2.05) is 43.3 Å². The summed E-state index contributed by atoms with van der Waals surface area (Å²) in [6, 6.07) is 14.8. The zero-order valence-electron chi connectivity index (χ0n) is 22.1. The lowest BCUT2D eigenvalue weighted by atomic mass is 9.91. The number of amidine groups is 1. The molecule has 0 saturated heterocycles. The number of rotatable bonds is 9. The summed E-state index contributed by atoms with van der Waals surface area (Å²) in [5.74, 6) is 0.474. The maximum atomic E-state index is 11.7. The molecule has 2 heterocycles. The molecule has 1 N–H and O–H groups in total. The fourth-order valence-corrected chi connectivity index (χ4v) is 4.61. The van der Waals surface area contributed by atoms with Gasteiger partial charge in [-0.05, 0) is 29.5 Å². The van der Waals surface area contributed by atoms with E-state index in [2.05, 4.69) is 31.0 Å². The predicted molar refractivity (Wildman–Crippen MR) is 142 cm³/mol. The van der Waals surface area contributed by atoms with Crippen molar-refractivity contribution in [3.8, 4) is 22.9 Å². The average molecular weight is 506 g/mol. The first-order valence-electron chi connectivity index (χ1n) is 12.1. The van der Waals surface area contributed by atoms with E-state index in [1.165, 1.54) is 7.11 Å². The van der Waals surface area contributed by atoms with Crippen LogP contribution in [0, 0.1) is 5.41 Å². The van der Waals surface area contributed by atoms with Gasteiger partial charge in [0.05, 0.1) is 26.2 Å². The second-order valence-electron chi connectivity index (χ2n) is 10.0. The van der Waals surface area contributed by atoms with Crippen molar-refractivity contribution in [1.82, 2.24) is 14.8 Å². The van der Waals surface area contributed by atoms with Gasteiger partial charge in [-0.3, -0.25) is 0 Å². The van der Waals surface area contributed by atoms with Crippen LogP contribution in [-0.2, 0) is 11.4 Å². The fraction of sp³-hybridized carbons (Fsp3) is 0.357. The molecule has 0 radical (unpaired) electrons. The Bertz CT molecular complexity index is 1330. The summed E-state index contributed by atoms with van der Waals surface area (Å²) in [4.78, 5) is 23.2. The summed E-state index contributed by atoms with van der Waals surface area (Å²) in [6.45, 7) is 9.23. The second kappa shape index (κ2) is 10.3. The Morgan fingerprint density at radius 2 is 1.62 bits per heavy atom. The predicted octanol–water partition coefficient (Wildman–Crippen LogP) is 5.80. The van der Waals surface area contributed by atoms with E-state index in [-0.39, 0.29) is 15.6 Å². The number of carboxylic acids is 1. The number of nitrogens with zero attached hydrogens (tertiary/aromatic N) is 4. The van der Waals surface area contributed by atoms with Crippen LogP contribution < -0.4 is 14.1 Å². The van der Waals surface area contributed by atoms with Crippen LogP contribution in [0.4, 0.5) is 11.4 Å². The molecular formula is C28H33N4O5+. The average Bonchev–Trinajstić information content (AvgIpc) is 3.16. The first-order chi connectivity index (χ1) is 17.6. The Morgan fingerprint density at radius 3 is 2.22 bits per heavy atom. The Balaban J connectivity index is 1.83. The minimum absolute atomic E-state index is 0.0246. The number of methoxy groups -OCH3 is 2. The molecule has 1 aliphatic rings. The molecule has 1 aromatic heterocycles. The summed E-state index contributed by atoms with van der Waals surface area (Å²) in [7, 11) is 3.09. The van der Waals surface area contributed by atoms with Gasteiger partial charge in [0.2, 0.25) is 11.5 Å². The molecule has 194 valence electrons. The Kier molecular flexibility index (Phi) is 7.29. The van der Waals surface area contributed by atoms with Crippen LogP contribution in [0.25, 0.3) is 11.1 Å². The molecule has 9 heteroatoms. The highest BCUT2D eigenvalue weighted by Crippen LogP contribution is 2.52. The lowest BCUT2D eigenvalue weighted by molar-refractivity contribution is -0.0927. The molecule has 0 fully saturated rings. The van der Waals surface area contributed by atoms with Crippen LogP contribution in [0.1, 0.15) is 50.0 Å². The van der Waals surface area contributed by atoms with Crippen molar-refractivity contribution >= 4 is 23.2 Å². The van der Waals surface area contributed by atoms with E-state index in [0.717, 1.165) is 17.0 Å². The number of fused-ring (bicyclic) bond motifs is 1. The van der Waals surface area contributed by atoms with Gasteiger partial charge < -0.3 is 14.6 Å². The molecular weight excluding hydrogens is 472 g/mol. The van der Waals surface area contributed by atoms with E-state index in [9.17, 15) is 9.90 Å². The minimum Gasteiger partial charge on any atom is -0.478 e. The number of ether oxygens (including phenoxy) is 2. The Morgan fingerprint density at radius 1 is 0.973 bits per heavy atom. The summed E-state index contributed by atoms with van der Waals surface area (Å²) in [5.41, 5.74) is 3.84. The molecule has 0 aliphatic carbocycles. The first kappa shape index (κ1) is 26.2. The van der Waals surface area contributed by atoms with Crippen LogP contribution in [0.2, 0.25) is 0 Å². The van der Waals surface area contributed by atoms with Gasteiger partial charge in [0.15, 0.2) is 0 Å². The van der Waals surface area contributed by atoms with Crippen molar-refractivity contribution in [2.24, 2.45) is 10.4 Å². The summed E-state index contributed by atoms with van der Waals surface area (Å²) in [5, 5.41) is 18.0. The van der Waals surface area contributed by atoms with E-state index in [0.29, 0.717) is 48.3 Å². The van der Waals surface area contributed by atoms with Crippen LogP contribution in [0.5, 0.6) is 11.8 Å². The largest absolute Gasteiger partial charge is 0.478 e. The highest BCUT2D eigenvalue weighted by Gasteiger charge is 2.52. The van der Waals surface area contributed by atoms with E-state index < -0.39 is 5.97 Å². The number of hydrogen-bond acceptors (Lipinski definition) is 7. The van der Waals surface area contributed by atoms with Crippen LogP contribution in [0.15, 0.2) is 53.5 Å². The zero-order chi connectivity index (χ0) is 26.8. The molecule has 0 bridgehead atoms. The molecule has 1 unspecified atom stereocenters. The van der Waals surface area contributed by atoms with Gasteiger partial charge in [0.25, 0.3) is 11.6 Å². The van der Waals surface area contributed by atoms with E-state index >= 15 is 0 Å². The third-order valence-corrected chi connectivity index (χ3v) is 6.13. The summed E-state index contributed by atoms with van der Waals surface area (Å²) in [6.07, 6.45) is 0.651. The third-order valence-electron chi connectivity index (χ3n) is 6.13. The van der Waals surface area contributed by atoms with Crippen molar-refractivity contribution in [3.63, 3.8) is 0 Å². The maximum absolute atomic E-state index is 11.7. The van der Waals surface area contributed by atoms with Crippen molar-refractivity contribution in [2.75, 3.05) is 20.8 Å². The molecule has 9 nitrogen and oxygen atoms in total. The normalized spacial score (nSPS) is 16.8. The number of hydrogen-bond donors (Lipinski definition) is 1. The summed E-state index contributed by atoms with van der Waals surface area (Å²) < 4.78 is 11.1. The molecule has 4 rings (SSSR count). The molecule has 0 spiro atoms. The van der Waals surface area contributed by atoms with Crippen LogP contribution in [-0.4, -0.2) is 47.9 Å². The lowest BCUT2D eigenvalue weighted by Crippen LogP contribution is -2.52. The van der Waals surface area contributed by atoms with Gasteiger partial charge in [-0.2, -0.15) is 9.83 Å². The van der Waals surface area contributed by atoms with Gasteiger partial charge >= 0.3 is 11.8 Å². The van der Waals surface area contributed by atoms with E-state index in [4.69, 9.17) is 19.3 Å². The van der Waals surface area contributed by atoms with E-state index in [1.54, 1.807) is 19.2 Å². The molecule has 1 atom stereocenters. The highest BCUT2D eigenvalue weighted by atomic mass is 16.7. The van der Waals surface area contributed by atoms with Gasteiger partial charge in [-0.15, -0.1) is 10.2 Å². The topological polar surface area (TPSA) is 103 Å². The number of benzene rings is 2. The smallest absolute Gasteiger partial charge is 0.336 e. The number of quaternary nitrogens is 1. The molecule has 1 aliphatic heterocycles. The van der Waals surface area contributed by atoms with Gasteiger partial charge in [-0.1, -0.05) is 67.9 Å². The quantitative estimate of drug-likeness (QED) is 0.367. The number of aromatic nitrogens is 2. The number of hydroxylamine groups is 2. The number of carbonyl (C=O) groups is 1. The van der Waals surface area contributed by atoms with Crippen molar-refractivity contribution in [3.05, 3.63) is 59.7 Å². The molecule has 37 heavy (non-hydrogen) atoms. The fourth-order valence-electron chi connectivity index (χ4n) is 4.61. The van der Waals surface area contributed by atoms with Crippen molar-refractivity contribution in [2.45, 2.75) is 40.7 Å². The monoisotopic (exact) mass is 505 g/mol. The summed E-state index contributed by atoms with van der Waals surface area (Å²) >= 11 is 0. The molecule has 0 saturated carbocycles. The van der Waals surface area contributed by atoms with Gasteiger partial charge in [-0.25, -0.2) is 4.79 Å². The third kappa shape index (κ3) is 5.05. The zero-order valence-corrected chi connectivity index (χ0v) is 22.1. The van der Waals surface area contributed by atoms with Gasteiger partial charge in [0.1, 0.15) is 13.2 Å². The lowest BCUT2D eigenvalue weighted by Gasteiger charge is -2.34. The van der Waals surface area contributed by atoms with Gasteiger partial charge in [0, 0.05) is 5.56 Å². The molecule has 3 aromatic rings. The number of aromatic carboxylic acids is 1. The number of aliphatic imine (C=N–C) groups is 1. The SMILES string of the molecule is CCO[N+]1(Cc2ccc(-c3ccccc3C(=O)O)cc2)C(CC(C)(C)C)=Nc2c(OC)nnc(OC)c21. The minimum atomic E-state index is -0.959. The molecule has 0 amide bonds. The number of carboxylic acid groups (broad SMARTS) is 1. The maximum Gasteiger partial charge on any atom is 0.336 e. The van der Waals surface area contributed by atoms with Crippen molar-refractivity contribution in [1.29, 1.82) is 0 Å². The van der Waals surface area contributed by atoms with Crippen molar-refractivity contribution < 1.29 is 24.2 Å². The van der Waals surface area contributed by atoms with Crippen LogP contribution in [0.3, 0.4) is 0 Å². The molecule has 2 aromatic carbocycles. The standard InChI is InChI=1S/C28H32N4O5/c1-7-37-32(17-18-12-14-19(15-13-18)20-10-8-9-11-21(20)27(33)34)22(16-28(2,3)4)29-23-24(32)26(36-6)31-30-25(23)35-5/h8-15H,7,16-17H2,1-6H3/p+1.